The van der Waals surface area contributed by atoms with Crippen molar-refractivity contribution in [2.75, 3.05) is 5.73 Å². The smallest absolute Gasteiger partial charge is 0.273 e. The molecule has 0 aliphatic rings. The highest BCUT2D eigenvalue weighted by Gasteiger charge is 2.10. The molecular weight excluding hydrogens is 660 g/mol. The summed E-state index contributed by atoms with van der Waals surface area (Å²) in [5.41, 5.74) is 11.1. The average molecular weight is 676 g/mol. The number of anilines is 1. The van der Waals surface area contributed by atoms with Crippen molar-refractivity contribution in [2.45, 2.75) is 6.61 Å². The maximum Gasteiger partial charge on any atom is 0.273 e. The van der Waals surface area contributed by atoms with Gasteiger partial charge in [0.25, 0.3) is 5.91 Å². The van der Waals surface area contributed by atoms with Crippen LogP contribution in [0.5, 0.6) is 5.75 Å². The van der Waals surface area contributed by atoms with Crippen LogP contribution in [0.1, 0.15) is 21.5 Å². The van der Waals surface area contributed by atoms with Gasteiger partial charge in [0.1, 0.15) is 12.4 Å². The Bertz CT molecular complexity index is 1030. The van der Waals surface area contributed by atoms with Gasteiger partial charge >= 0.3 is 0 Å². The number of nitrogens with one attached hydrogen (secondary N) is 1. The minimum Gasteiger partial charge on any atom is -0.487 e. The van der Waals surface area contributed by atoms with Crippen LogP contribution in [0.4, 0.5) is 5.69 Å². The second-order valence-electron chi connectivity index (χ2n) is 6.02. The van der Waals surface area contributed by atoms with Crippen molar-refractivity contribution >= 4 is 78.9 Å². The molecule has 0 aromatic heterocycles. The molecule has 29 heavy (non-hydrogen) atoms. The van der Waals surface area contributed by atoms with Gasteiger partial charge in [0.15, 0.2) is 0 Å². The molecule has 3 aromatic carbocycles. The van der Waals surface area contributed by atoms with Gasteiger partial charge in [-0.3, -0.25) is 4.79 Å². The minimum absolute atomic E-state index is 0.349. The normalized spacial score (nSPS) is 10.9. The molecule has 3 rings (SSSR count). The summed E-state index contributed by atoms with van der Waals surface area (Å²) in [6.07, 6.45) is 1.60. The fourth-order valence-corrected chi connectivity index (χ4v) is 4.85. The number of hydrogen-bond donors (Lipinski definition) is 2. The van der Waals surface area contributed by atoms with Crippen LogP contribution in [-0.2, 0) is 6.61 Å². The number of para-hydroxylation sites is 1. The first-order valence-corrected chi connectivity index (χ1v) is 11.4. The summed E-state index contributed by atoms with van der Waals surface area (Å²) in [6, 6.07) is 18.8. The van der Waals surface area contributed by atoms with Crippen LogP contribution in [0.25, 0.3) is 0 Å². The molecule has 148 valence electrons. The van der Waals surface area contributed by atoms with Crippen LogP contribution >= 0.6 is 61.1 Å². The topological polar surface area (TPSA) is 76.7 Å². The SMILES string of the molecule is Nc1ccccc1C(=O)N/N=C/c1cc(I)c(OCc2ccc(Br)cc2)c(I)c1. The number of ether oxygens (including phenoxy) is 1. The molecule has 0 bridgehead atoms. The number of halogens is 3. The van der Waals surface area contributed by atoms with Crippen LogP contribution in [0, 0.1) is 7.14 Å². The van der Waals surface area contributed by atoms with E-state index < -0.39 is 0 Å². The zero-order valence-electron chi connectivity index (χ0n) is 15.0. The molecule has 0 unspecified atom stereocenters. The Kier molecular flexibility index (Phi) is 7.90. The van der Waals surface area contributed by atoms with E-state index in [1.165, 1.54) is 0 Å². The second-order valence-corrected chi connectivity index (χ2v) is 9.26. The molecule has 1 amide bonds. The third kappa shape index (κ3) is 6.16. The van der Waals surface area contributed by atoms with E-state index >= 15 is 0 Å². The molecule has 0 aliphatic heterocycles. The van der Waals surface area contributed by atoms with E-state index in [9.17, 15) is 4.79 Å². The number of amides is 1. The maximum absolute atomic E-state index is 12.2. The second kappa shape index (κ2) is 10.4. The molecular formula is C21H16BrI2N3O2. The predicted molar refractivity (Wildman–Crippen MR) is 136 cm³/mol. The Morgan fingerprint density at radius 3 is 2.41 bits per heavy atom. The fraction of sp³-hybridized carbons (Fsp3) is 0.0476. The summed E-state index contributed by atoms with van der Waals surface area (Å²) < 4.78 is 8.97. The van der Waals surface area contributed by atoms with Gasteiger partial charge in [0.05, 0.1) is 18.9 Å². The molecule has 0 atom stereocenters. The summed E-state index contributed by atoms with van der Waals surface area (Å²) >= 11 is 7.90. The molecule has 0 radical (unpaired) electrons. The molecule has 0 aliphatic carbocycles. The molecule has 5 nitrogen and oxygen atoms in total. The van der Waals surface area contributed by atoms with Crippen LogP contribution in [-0.4, -0.2) is 12.1 Å². The van der Waals surface area contributed by atoms with Gasteiger partial charge in [-0.15, -0.1) is 0 Å². The Hall–Kier alpha value is -1.66. The van der Waals surface area contributed by atoms with E-state index in [2.05, 4.69) is 71.6 Å². The summed E-state index contributed by atoms with van der Waals surface area (Å²) in [5.74, 6) is 0.477. The number of nitrogens with zero attached hydrogens (tertiary/aromatic N) is 1. The van der Waals surface area contributed by atoms with Crippen molar-refractivity contribution in [1.82, 2.24) is 5.43 Å². The van der Waals surface area contributed by atoms with E-state index in [0.717, 1.165) is 28.5 Å². The Labute approximate surface area is 204 Å². The number of carbonyl (C=O) groups is 1. The van der Waals surface area contributed by atoms with Crippen molar-refractivity contribution in [3.8, 4) is 5.75 Å². The van der Waals surface area contributed by atoms with E-state index in [-0.39, 0.29) is 5.91 Å². The lowest BCUT2D eigenvalue weighted by Gasteiger charge is -2.11. The molecule has 0 saturated heterocycles. The number of hydrazone groups is 1. The molecule has 3 N–H and O–H groups in total. The van der Waals surface area contributed by atoms with Crippen molar-refractivity contribution < 1.29 is 9.53 Å². The lowest BCUT2D eigenvalue weighted by Crippen LogP contribution is -2.19. The summed E-state index contributed by atoms with van der Waals surface area (Å²) in [5, 5.41) is 4.04. The Balaban J connectivity index is 1.65. The highest BCUT2D eigenvalue weighted by atomic mass is 127. The van der Waals surface area contributed by atoms with Crippen LogP contribution in [0.15, 0.2) is 70.2 Å². The Morgan fingerprint density at radius 1 is 1.10 bits per heavy atom. The minimum atomic E-state index is -0.349. The van der Waals surface area contributed by atoms with Gasteiger partial charge in [-0.05, 0) is 92.7 Å². The highest BCUT2D eigenvalue weighted by molar-refractivity contribution is 14.1. The van der Waals surface area contributed by atoms with Gasteiger partial charge in [0.2, 0.25) is 0 Å². The number of hydrogen-bond acceptors (Lipinski definition) is 4. The quantitative estimate of drug-likeness (QED) is 0.155. The van der Waals surface area contributed by atoms with Gasteiger partial charge in [-0.25, -0.2) is 5.43 Å². The largest absolute Gasteiger partial charge is 0.487 e. The van der Waals surface area contributed by atoms with E-state index in [0.29, 0.717) is 17.9 Å². The van der Waals surface area contributed by atoms with Crippen molar-refractivity contribution in [1.29, 1.82) is 0 Å². The molecule has 8 heteroatoms. The van der Waals surface area contributed by atoms with E-state index in [4.69, 9.17) is 10.5 Å². The van der Waals surface area contributed by atoms with Gasteiger partial charge in [0, 0.05) is 10.2 Å². The van der Waals surface area contributed by atoms with Crippen molar-refractivity contribution in [3.05, 3.63) is 89.0 Å². The van der Waals surface area contributed by atoms with Gasteiger partial charge in [-0.2, -0.15) is 5.10 Å². The standard InChI is InChI=1S/C21H16BrI2N3O2/c22-15-7-5-13(6-8-15)12-29-20-17(23)9-14(10-18(20)24)11-26-27-21(28)16-3-1-2-4-19(16)25/h1-11H,12,25H2,(H,27,28)/b26-11+. The van der Waals surface area contributed by atoms with Crippen molar-refractivity contribution in [2.24, 2.45) is 5.10 Å². The first kappa shape index (κ1) is 22.0. The predicted octanol–water partition coefficient (Wildman–Crippen LogP) is 5.58. The Morgan fingerprint density at radius 2 is 1.76 bits per heavy atom. The number of rotatable bonds is 6. The zero-order valence-corrected chi connectivity index (χ0v) is 20.9. The van der Waals surface area contributed by atoms with Crippen LogP contribution < -0.4 is 15.9 Å². The summed E-state index contributed by atoms with van der Waals surface area (Å²) in [6.45, 7) is 0.487. The summed E-state index contributed by atoms with van der Waals surface area (Å²) in [4.78, 5) is 12.2. The zero-order chi connectivity index (χ0) is 20.8. The van der Waals surface area contributed by atoms with Gasteiger partial charge in [-0.1, -0.05) is 40.2 Å². The van der Waals surface area contributed by atoms with Crippen LogP contribution in [0.2, 0.25) is 0 Å². The first-order chi connectivity index (χ1) is 13.9. The van der Waals surface area contributed by atoms with E-state index in [1.54, 1.807) is 30.5 Å². The number of benzene rings is 3. The molecule has 0 fully saturated rings. The molecule has 0 heterocycles. The maximum atomic E-state index is 12.2. The van der Waals surface area contributed by atoms with Gasteiger partial charge < -0.3 is 10.5 Å². The molecule has 0 spiro atoms. The third-order valence-corrected chi connectivity index (χ3v) is 6.03. The first-order valence-electron chi connectivity index (χ1n) is 8.48. The number of nitrogens with two attached hydrogens (primary N) is 1. The number of nitrogen functional groups attached to an aromatic ring is 1. The monoisotopic (exact) mass is 675 g/mol. The lowest BCUT2D eigenvalue weighted by atomic mass is 10.2. The van der Waals surface area contributed by atoms with E-state index in [1.807, 2.05) is 36.4 Å². The van der Waals surface area contributed by atoms with Crippen molar-refractivity contribution in [3.63, 3.8) is 0 Å². The highest BCUT2D eigenvalue weighted by Crippen LogP contribution is 2.29. The lowest BCUT2D eigenvalue weighted by molar-refractivity contribution is 0.0956. The fourth-order valence-electron chi connectivity index (χ4n) is 2.46. The number of carbonyl (C=O) groups excluding carboxylic acids is 1. The van der Waals surface area contributed by atoms with Crippen LogP contribution in [0.3, 0.4) is 0 Å². The average Bonchev–Trinajstić information content (AvgIpc) is 2.69. The summed E-state index contributed by atoms with van der Waals surface area (Å²) in [7, 11) is 0. The third-order valence-electron chi connectivity index (χ3n) is 3.90. The molecule has 0 saturated carbocycles. The molecule has 3 aromatic rings.